The molecule has 6 heteroatoms. The lowest BCUT2D eigenvalue weighted by Crippen LogP contribution is -2.34. The summed E-state index contributed by atoms with van der Waals surface area (Å²) in [6, 6.07) is 5.68. The van der Waals surface area contributed by atoms with Crippen LogP contribution in [0.5, 0.6) is 5.75 Å². The van der Waals surface area contributed by atoms with Gasteiger partial charge in [-0.25, -0.2) is 0 Å². The molecule has 116 valence electrons. The Morgan fingerprint density at radius 1 is 1.48 bits per heavy atom. The molecule has 1 aliphatic rings. The molecule has 1 heterocycles. The second-order valence-electron chi connectivity index (χ2n) is 4.99. The standard InChI is InChI=1S/C15H21ClN2O3/c1-20-7-6-18-15(19)4-5-17-10-13-9-11-8-12(16)2-3-14(11)21-13/h2-3,8,13,17H,4-7,9-10H2,1H3,(H,18,19). The summed E-state index contributed by atoms with van der Waals surface area (Å²) in [6.45, 7) is 2.44. The minimum absolute atomic E-state index is 0.0296. The van der Waals surface area contributed by atoms with Crippen molar-refractivity contribution in [3.8, 4) is 5.75 Å². The molecule has 5 nitrogen and oxygen atoms in total. The fraction of sp³-hybridized carbons (Fsp3) is 0.533. The minimum Gasteiger partial charge on any atom is -0.488 e. The van der Waals surface area contributed by atoms with Gasteiger partial charge in [-0.1, -0.05) is 11.6 Å². The van der Waals surface area contributed by atoms with Crippen LogP contribution in [0.2, 0.25) is 5.02 Å². The first-order valence-electron chi connectivity index (χ1n) is 7.10. The summed E-state index contributed by atoms with van der Waals surface area (Å²) in [5.74, 6) is 0.936. The van der Waals surface area contributed by atoms with E-state index in [1.54, 1.807) is 7.11 Å². The van der Waals surface area contributed by atoms with Crippen LogP contribution in [-0.4, -0.2) is 45.4 Å². The zero-order chi connectivity index (χ0) is 15.1. The third-order valence-corrected chi connectivity index (χ3v) is 3.53. The van der Waals surface area contributed by atoms with E-state index >= 15 is 0 Å². The van der Waals surface area contributed by atoms with E-state index in [1.807, 2.05) is 18.2 Å². The van der Waals surface area contributed by atoms with Crippen molar-refractivity contribution >= 4 is 17.5 Å². The fourth-order valence-corrected chi connectivity index (χ4v) is 2.44. The van der Waals surface area contributed by atoms with E-state index < -0.39 is 0 Å². The molecule has 2 N–H and O–H groups in total. The molecule has 1 atom stereocenters. The second-order valence-corrected chi connectivity index (χ2v) is 5.43. The SMILES string of the molecule is COCCNC(=O)CCNCC1Cc2cc(Cl)ccc2O1. The number of halogens is 1. The van der Waals surface area contributed by atoms with Gasteiger partial charge in [-0.3, -0.25) is 4.79 Å². The summed E-state index contributed by atoms with van der Waals surface area (Å²) in [4.78, 5) is 11.5. The van der Waals surface area contributed by atoms with Crippen LogP contribution in [0, 0.1) is 0 Å². The lowest BCUT2D eigenvalue weighted by Gasteiger charge is -2.11. The largest absolute Gasteiger partial charge is 0.488 e. The van der Waals surface area contributed by atoms with Gasteiger partial charge in [0, 0.05) is 44.6 Å². The van der Waals surface area contributed by atoms with Crippen molar-refractivity contribution in [3.05, 3.63) is 28.8 Å². The van der Waals surface area contributed by atoms with Gasteiger partial charge < -0.3 is 20.1 Å². The molecule has 0 saturated carbocycles. The number of carbonyl (C=O) groups excluding carboxylic acids is 1. The van der Waals surface area contributed by atoms with Crippen molar-refractivity contribution < 1.29 is 14.3 Å². The maximum absolute atomic E-state index is 11.5. The second kappa shape index (κ2) is 8.22. The smallest absolute Gasteiger partial charge is 0.221 e. The molecule has 0 bridgehead atoms. The number of methoxy groups -OCH3 is 1. The molecule has 0 radical (unpaired) electrons. The van der Waals surface area contributed by atoms with E-state index in [9.17, 15) is 4.79 Å². The summed E-state index contributed by atoms with van der Waals surface area (Å²) >= 11 is 5.96. The summed E-state index contributed by atoms with van der Waals surface area (Å²) in [5.41, 5.74) is 1.15. The van der Waals surface area contributed by atoms with Gasteiger partial charge in [-0.2, -0.15) is 0 Å². The van der Waals surface area contributed by atoms with Crippen molar-refractivity contribution in [2.24, 2.45) is 0 Å². The number of ether oxygens (including phenoxy) is 2. The van der Waals surface area contributed by atoms with Gasteiger partial charge in [0.15, 0.2) is 0 Å². The highest BCUT2D eigenvalue weighted by Crippen LogP contribution is 2.30. The molecule has 0 aromatic heterocycles. The Hall–Kier alpha value is -1.30. The number of amides is 1. The third-order valence-electron chi connectivity index (χ3n) is 3.29. The fourth-order valence-electron chi connectivity index (χ4n) is 2.25. The zero-order valence-corrected chi connectivity index (χ0v) is 12.9. The molecule has 0 aliphatic carbocycles. The average Bonchev–Trinajstić information content (AvgIpc) is 2.85. The lowest BCUT2D eigenvalue weighted by atomic mass is 10.1. The lowest BCUT2D eigenvalue weighted by molar-refractivity contribution is -0.121. The molecule has 1 aromatic rings. The maximum Gasteiger partial charge on any atom is 0.221 e. The Labute approximate surface area is 130 Å². The van der Waals surface area contributed by atoms with Crippen molar-refractivity contribution in [1.82, 2.24) is 10.6 Å². The molecule has 21 heavy (non-hydrogen) atoms. The van der Waals surface area contributed by atoms with Gasteiger partial charge in [0.2, 0.25) is 5.91 Å². The number of carbonyl (C=O) groups is 1. The van der Waals surface area contributed by atoms with Crippen LogP contribution in [0.25, 0.3) is 0 Å². The highest BCUT2D eigenvalue weighted by molar-refractivity contribution is 6.30. The topological polar surface area (TPSA) is 59.6 Å². The Morgan fingerprint density at radius 3 is 3.14 bits per heavy atom. The van der Waals surface area contributed by atoms with E-state index in [-0.39, 0.29) is 12.0 Å². The number of rotatable bonds is 8. The van der Waals surface area contributed by atoms with Crippen molar-refractivity contribution in [2.75, 3.05) is 33.4 Å². The monoisotopic (exact) mass is 312 g/mol. The quantitative estimate of drug-likeness (QED) is 0.712. The number of nitrogens with one attached hydrogen (secondary N) is 2. The normalized spacial score (nSPS) is 16.4. The van der Waals surface area contributed by atoms with Crippen LogP contribution in [-0.2, 0) is 16.0 Å². The highest BCUT2D eigenvalue weighted by atomic mass is 35.5. The third kappa shape index (κ3) is 5.19. The van der Waals surface area contributed by atoms with Gasteiger partial charge in [0.25, 0.3) is 0 Å². The Kier molecular flexibility index (Phi) is 6.29. The van der Waals surface area contributed by atoms with Crippen molar-refractivity contribution in [1.29, 1.82) is 0 Å². The summed E-state index contributed by atoms with van der Waals surface area (Å²) < 4.78 is 10.7. The summed E-state index contributed by atoms with van der Waals surface area (Å²) in [7, 11) is 1.61. The molecule has 0 fully saturated rings. The molecule has 1 amide bonds. The van der Waals surface area contributed by atoms with Gasteiger partial charge in [0.05, 0.1) is 6.61 Å². The van der Waals surface area contributed by atoms with Crippen LogP contribution in [0.15, 0.2) is 18.2 Å². The molecule has 0 spiro atoms. The number of hydrogen-bond donors (Lipinski definition) is 2. The first kappa shape index (κ1) is 16.1. The minimum atomic E-state index is 0.0296. The van der Waals surface area contributed by atoms with Crippen LogP contribution in [0.4, 0.5) is 0 Å². The van der Waals surface area contributed by atoms with Crippen LogP contribution >= 0.6 is 11.6 Å². The molecule has 0 saturated heterocycles. The van der Waals surface area contributed by atoms with E-state index in [0.29, 0.717) is 26.1 Å². The maximum atomic E-state index is 11.5. The van der Waals surface area contributed by atoms with E-state index in [1.165, 1.54) is 0 Å². The highest BCUT2D eigenvalue weighted by Gasteiger charge is 2.22. The number of hydrogen-bond acceptors (Lipinski definition) is 4. The number of benzene rings is 1. The molecular weight excluding hydrogens is 292 g/mol. The Bertz CT molecular complexity index is 482. The average molecular weight is 313 g/mol. The van der Waals surface area contributed by atoms with Gasteiger partial charge in [-0.15, -0.1) is 0 Å². The Morgan fingerprint density at radius 2 is 2.33 bits per heavy atom. The van der Waals surface area contributed by atoms with Gasteiger partial charge >= 0.3 is 0 Å². The van der Waals surface area contributed by atoms with E-state index in [0.717, 1.165) is 29.3 Å². The van der Waals surface area contributed by atoms with Gasteiger partial charge in [0.1, 0.15) is 11.9 Å². The molecule has 2 rings (SSSR count). The number of fused-ring (bicyclic) bond motifs is 1. The molecule has 1 unspecified atom stereocenters. The Balaban J connectivity index is 1.59. The first-order valence-corrected chi connectivity index (χ1v) is 7.48. The van der Waals surface area contributed by atoms with Crippen LogP contribution in [0.1, 0.15) is 12.0 Å². The van der Waals surface area contributed by atoms with E-state index in [4.69, 9.17) is 21.1 Å². The van der Waals surface area contributed by atoms with Crippen LogP contribution < -0.4 is 15.4 Å². The predicted molar refractivity (Wildman–Crippen MR) is 81.9 cm³/mol. The zero-order valence-electron chi connectivity index (χ0n) is 12.2. The predicted octanol–water partition coefficient (Wildman–Crippen LogP) is 1.39. The van der Waals surface area contributed by atoms with Crippen molar-refractivity contribution in [2.45, 2.75) is 18.9 Å². The first-order chi connectivity index (χ1) is 10.2. The summed E-state index contributed by atoms with van der Waals surface area (Å²) in [6.07, 6.45) is 1.41. The molecule has 1 aromatic carbocycles. The summed E-state index contributed by atoms with van der Waals surface area (Å²) in [5, 5.41) is 6.77. The van der Waals surface area contributed by atoms with E-state index in [2.05, 4.69) is 10.6 Å². The molecular formula is C15H21ClN2O3. The van der Waals surface area contributed by atoms with Crippen molar-refractivity contribution in [3.63, 3.8) is 0 Å². The molecule has 1 aliphatic heterocycles. The van der Waals surface area contributed by atoms with Crippen LogP contribution in [0.3, 0.4) is 0 Å². The van der Waals surface area contributed by atoms with Gasteiger partial charge in [-0.05, 0) is 23.8 Å².